The molecular weight excluding hydrogens is 250 g/mol. The lowest BCUT2D eigenvalue weighted by molar-refractivity contribution is -0.120. The van der Waals surface area contributed by atoms with Crippen molar-refractivity contribution in [2.75, 3.05) is 12.5 Å². The number of nitrogens with one attached hydrogen (secondary N) is 1. The Hall–Kier alpha value is -1.22. The first-order chi connectivity index (χ1) is 8.46. The van der Waals surface area contributed by atoms with Gasteiger partial charge in [0.15, 0.2) is 0 Å². The fourth-order valence-electron chi connectivity index (χ4n) is 1.84. The lowest BCUT2D eigenvalue weighted by Crippen LogP contribution is -2.45. The third-order valence-electron chi connectivity index (χ3n) is 2.48. The van der Waals surface area contributed by atoms with Gasteiger partial charge in [0.05, 0.1) is 6.61 Å². The summed E-state index contributed by atoms with van der Waals surface area (Å²) < 4.78 is 5.39. The summed E-state index contributed by atoms with van der Waals surface area (Å²) in [4.78, 5) is 11.3. The van der Waals surface area contributed by atoms with Crippen LogP contribution in [-0.4, -0.2) is 23.9 Å². The highest BCUT2D eigenvalue weighted by molar-refractivity contribution is 6.27. The Balaban J connectivity index is 2.63. The minimum atomic E-state index is -0.306. The SMILES string of the molecule is CCOc1ccc(CC(C)(C)NC(=O)CCl)cc1. The Morgan fingerprint density at radius 1 is 1.33 bits per heavy atom. The van der Waals surface area contributed by atoms with Crippen LogP contribution in [0.5, 0.6) is 5.75 Å². The van der Waals surface area contributed by atoms with E-state index < -0.39 is 0 Å². The fourth-order valence-corrected chi connectivity index (χ4v) is 1.90. The molecule has 0 aliphatic heterocycles. The van der Waals surface area contributed by atoms with Gasteiger partial charge in [-0.05, 0) is 44.9 Å². The molecule has 4 heteroatoms. The zero-order chi connectivity index (χ0) is 13.6. The Labute approximate surface area is 113 Å². The number of alkyl halides is 1. The molecule has 1 amide bonds. The van der Waals surface area contributed by atoms with Crippen molar-refractivity contribution in [2.45, 2.75) is 32.7 Å². The van der Waals surface area contributed by atoms with Crippen LogP contribution in [-0.2, 0) is 11.2 Å². The zero-order valence-corrected chi connectivity index (χ0v) is 11.9. The van der Waals surface area contributed by atoms with E-state index in [4.69, 9.17) is 16.3 Å². The van der Waals surface area contributed by atoms with Crippen molar-refractivity contribution in [3.8, 4) is 5.75 Å². The molecule has 0 saturated carbocycles. The second-order valence-corrected chi connectivity index (χ2v) is 5.09. The fraction of sp³-hybridized carbons (Fsp3) is 0.500. The van der Waals surface area contributed by atoms with Crippen molar-refractivity contribution < 1.29 is 9.53 Å². The molecule has 0 unspecified atom stereocenters. The van der Waals surface area contributed by atoms with Gasteiger partial charge in [0.25, 0.3) is 0 Å². The quantitative estimate of drug-likeness (QED) is 0.807. The summed E-state index contributed by atoms with van der Waals surface area (Å²) in [5, 5.41) is 2.89. The highest BCUT2D eigenvalue weighted by Crippen LogP contribution is 2.17. The first-order valence-electron chi connectivity index (χ1n) is 6.05. The van der Waals surface area contributed by atoms with Crippen molar-refractivity contribution >= 4 is 17.5 Å². The molecule has 0 saturated heterocycles. The van der Waals surface area contributed by atoms with Crippen molar-refractivity contribution in [3.05, 3.63) is 29.8 Å². The van der Waals surface area contributed by atoms with Crippen molar-refractivity contribution in [3.63, 3.8) is 0 Å². The topological polar surface area (TPSA) is 38.3 Å². The summed E-state index contributed by atoms with van der Waals surface area (Å²) in [5.74, 6) is 0.712. The van der Waals surface area contributed by atoms with Gasteiger partial charge in [-0.25, -0.2) is 0 Å². The van der Waals surface area contributed by atoms with Crippen molar-refractivity contribution in [1.29, 1.82) is 0 Å². The molecule has 0 bridgehead atoms. The van der Waals surface area contributed by atoms with E-state index in [0.29, 0.717) is 6.61 Å². The standard InChI is InChI=1S/C14H20ClNO2/c1-4-18-12-7-5-11(6-8-12)9-14(2,3)16-13(17)10-15/h5-8H,4,9-10H2,1-3H3,(H,16,17). The van der Waals surface area contributed by atoms with Crippen LogP contribution >= 0.6 is 11.6 Å². The van der Waals surface area contributed by atoms with E-state index in [1.807, 2.05) is 45.0 Å². The number of benzene rings is 1. The summed E-state index contributed by atoms with van der Waals surface area (Å²) in [7, 11) is 0. The second-order valence-electron chi connectivity index (χ2n) is 4.82. The molecule has 0 spiro atoms. The molecule has 1 N–H and O–H groups in total. The summed E-state index contributed by atoms with van der Waals surface area (Å²) in [6, 6.07) is 7.91. The first-order valence-corrected chi connectivity index (χ1v) is 6.59. The van der Waals surface area contributed by atoms with Gasteiger partial charge in [-0.15, -0.1) is 11.6 Å². The summed E-state index contributed by atoms with van der Waals surface area (Å²) in [6.45, 7) is 6.58. The molecule has 1 aromatic carbocycles. The van der Waals surface area contributed by atoms with Crippen LogP contribution in [0.3, 0.4) is 0 Å². The van der Waals surface area contributed by atoms with Crippen LogP contribution in [0.15, 0.2) is 24.3 Å². The smallest absolute Gasteiger partial charge is 0.235 e. The second kappa shape index (κ2) is 6.64. The summed E-state index contributed by atoms with van der Waals surface area (Å²) in [5.41, 5.74) is 0.845. The van der Waals surface area contributed by atoms with Gasteiger partial charge < -0.3 is 10.1 Å². The van der Waals surface area contributed by atoms with E-state index in [1.165, 1.54) is 0 Å². The lowest BCUT2D eigenvalue weighted by Gasteiger charge is -2.26. The maximum atomic E-state index is 11.3. The minimum absolute atomic E-state index is 0.00723. The van der Waals surface area contributed by atoms with Crippen LogP contribution in [0, 0.1) is 0 Å². The van der Waals surface area contributed by atoms with E-state index in [0.717, 1.165) is 17.7 Å². The largest absolute Gasteiger partial charge is 0.494 e. The Bertz CT molecular complexity index is 387. The van der Waals surface area contributed by atoms with E-state index in [2.05, 4.69) is 5.32 Å². The Kier molecular flexibility index (Phi) is 5.48. The molecule has 1 rings (SSSR count). The lowest BCUT2D eigenvalue weighted by atomic mass is 9.95. The molecule has 0 aromatic heterocycles. The maximum Gasteiger partial charge on any atom is 0.235 e. The molecule has 0 fully saturated rings. The zero-order valence-electron chi connectivity index (χ0n) is 11.1. The molecule has 3 nitrogen and oxygen atoms in total. The van der Waals surface area contributed by atoms with Gasteiger partial charge in [-0.3, -0.25) is 4.79 Å². The van der Waals surface area contributed by atoms with E-state index in [9.17, 15) is 4.79 Å². The number of hydrogen-bond acceptors (Lipinski definition) is 2. The van der Waals surface area contributed by atoms with Crippen LogP contribution in [0.1, 0.15) is 26.3 Å². The van der Waals surface area contributed by atoms with E-state index in [-0.39, 0.29) is 17.3 Å². The number of carbonyl (C=O) groups is 1. The average Bonchev–Trinajstić information content (AvgIpc) is 2.31. The molecule has 0 radical (unpaired) electrons. The number of carbonyl (C=O) groups excluding carboxylic acids is 1. The Morgan fingerprint density at radius 3 is 2.44 bits per heavy atom. The third-order valence-corrected chi connectivity index (χ3v) is 2.72. The molecule has 0 atom stereocenters. The molecule has 0 aliphatic rings. The maximum absolute atomic E-state index is 11.3. The van der Waals surface area contributed by atoms with Gasteiger partial charge in [-0.2, -0.15) is 0 Å². The van der Waals surface area contributed by atoms with Crippen LogP contribution in [0.25, 0.3) is 0 Å². The first kappa shape index (κ1) is 14.8. The van der Waals surface area contributed by atoms with Gasteiger partial charge in [0, 0.05) is 5.54 Å². The molecule has 100 valence electrons. The number of amides is 1. The van der Waals surface area contributed by atoms with Crippen molar-refractivity contribution in [2.24, 2.45) is 0 Å². The summed E-state index contributed by atoms with van der Waals surface area (Å²) >= 11 is 5.49. The molecular formula is C14H20ClNO2. The number of ether oxygens (including phenoxy) is 1. The molecule has 1 aromatic rings. The normalized spacial score (nSPS) is 11.1. The minimum Gasteiger partial charge on any atom is -0.494 e. The number of hydrogen-bond donors (Lipinski definition) is 1. The summed E-state index contributed by atoms with van der Waals surface area (Å²) in [6.07, 6.45) is 0.752. The molecule has 0 heterocycles. The van der Waals surface area contributed by atoms with Crippen molar-refractivity contribution in [1.82, 2.24) is 5.32 Å². The van der Waals surface area contributed by atoms with Gasteiger partial charge in [-0.1, -0.05) is 12.1 Å². The number of halogens is 1. The monoisotopic (exact) mass is 269 g/mol. The Morgan fingerprint density at radius 2 is 1.94 bits per heavy atom. The number of rotatable bonds is 6. The van der Waals surface area contributed by atoms with Crippen LogP contribution in [0.4, 0.5) is 0 Å². The van der Waals surface area contributed by atoms with Gasteiger partial charge in [0.1, 0.15) is 11.6 Å². The van der Waals surface area contributed by atoms with Gasteiger partial charge in [0.2, 0.25) is 5.91 Å². The van der Waals surface area contributed by atoms with Crippen LogP contribution < -0.4 is 10.1 Å². The predicted octanol–water partition coefficient (Wildman–Crippen LogP) is 2.76. The molecule has 0 aliphatic carbocycles. The van der Waals surface area contributed by atoms with E-state index in [1.54, 1.807) is 0 Å². The average molecular weight is 270 g/mol. The highest BCUT2D eigenvalue weighted by Gasteiger charge is 2.20. The van der Waals surface area contributed by atoms with E-state index >= 15 is 0 Å². The molecule has 18 heavy (non-hydrogen) atoms. The third kappa shape index (κ3) is 4.96. The van der Waals surface area contributed by atoms with Crippen LogP contribution in [0.2, 0.25) is 0 Å². The van der Waals surface area contributed by atoms with Gasteiger partial charge >= 0.3 is 0 Å². The highest BCUT2D eigenvalue weighted by atomic mass is 35.5. The predicted molar refractivity (Wildman–Crippen MR) is 74.3 cm³/mol.